The maximum Gasteiger partial charge on any atom is 0.0794 e. The van der Waals surface area contributed by atoms with Crippen molar-refractivity contribution >= 4 is 11.3 Å². The second-order valence-corrected chi connectivity index (χ2v) is 6.24. The van der Waals surface area contributed by atoms with Crippen LogP contribution in [0.25, 0.3) is 0 Å². The number of likely N-dealkylation sites (N-methyl/N-ethyl adjacent to an activating group) is 1. The lowest BCUT2D eigenvalue weighted by Gasteiger charge is -2.32. The van der Waals surface area contributed by atoms with Gasteiger partial charge in [0.15, 0.2) is 0 Å². The maximum absolute atomic E-state index is 4.19. The van der Waals surface area contributed by atoms with E-state index in [0.29, 0.717) is 12.0 Å². The highest BCUT2D eigenvalue weighted by Crippen LogP contribution is 2.35. The molecule has 0 bridgehead atoms. The first-order valence-electron chi connectivity index (χ1n) is 7.01. The summed E-state index contributed by atoms with van der Waals surface area (Å²) in [5.74, 6) is 0.636. The molecule has 0 saturated heterocycles. The van der Waals surface area contributed by atoms with Crippen LogP contribution in [0, 0.1) is 0 Å². The number of nitrogens with one attached hydrogen (secondary N) is 1. The molecule has 0 amide bonds. The molecule has 1 aliphatic carbocycles. The summed E-state index contributed by atoms with van der Waals surface area (Å²) in [5.41, 5.74) is 5.03. The number of nitrogens with zero attached hydrogens (tertiary/aromatic N) is 1. The highest BCUT2D eigenvalue weighted by atomic mass is 32.1. The summed E-state index contributed by atoms with van der Waals surface area (Å²) in [7, 11) is 2.09. The Bertz CT molecular complexity index is 521. The first-order chi connectivity index (χ1) is 9.38. The van der Waals surface area contributed by atoms with Crippen molar-refractivity contribution in [1.29, 1.82) is 0 Å². The van der Waals surface area contributed by atoms with Gasteiger partial charge in [0.25, 0.3) is 0 Å². The van der Waals surface area contributed by atoms with E-state index in [-0.39, 0.29) is 0 Å². The molecule has 0 fully saturated rings. The fourth-order valence-corrected chi connectivity index (χ4v) is 3.87. The molecule has 2 atom stereocenters. The third-order valence-corrected chi connectivity index (χ3v) is 4.98. The van der Waals surface area contributed by atoms with Crippen LogP contribution in [-0.2, 0) is 12.8 Å². The molecule has 1 aliphatic rings. The second kappa shape index (κ2) is 5.85. The van der Waals surface area contributed by atoms with Crippen molar-refractivity contribution in [3.63, 3.8) is 0 Å². The first-order valence-corrected chi connectivity index (χ1v) is 7.89. The lowest BCUT2D eigenvalue weighted by Crippen LogP contribution is -2.35. The van der Waals surface area contributed by atoms with Gasteiger partial charge in [0, 0.05) is 17.1 Å². The monoisotopic (exact) mass is 272 g/mol. The fraction of sp³-hybridized carbons (Fsp3) is 0.438. The third kappa shape index (κ3) is 2.72. The van der Waals surface area contributed by atoms with Gasteiger partial charge in [-0.3, -0.25) is 4.98 Å². The minimum absolute atomic E-state index is 0.516. The first kappa shape index (κ1) is 12.8. The van der Waals surface area contributed by atoms with Crippen LogP contribution in [0.1, 0.15) is 34.8 Å². The Labute approximate surface area is 118 Å². The molecule has 100 valence electrons. The number of thiazole rings is 1. The highest BCUT2D eigenvalue weighted by Gasteiger charge is 2.27. The fourth-order valence-electron chi connectivity index (χ4n) is 3.21. The molecule has 2 unspecified atom stereocenters. The van der Waals surface area contributed by atoms with Gasteiger partial charge in [0.2, 0.25) is 0 Å². The van der Waals surface area contributed by atoms with Crippen LogP contribution < -0.4 is 5.32 Å². The molecule has 1 heterocycles. The van der Waals surface area contributed by atoms with Gasteiger partial charge < -0.3 is 5.32 Å². The number of hydrogen-bond acceptors (Lipinski definition) is 3. The molecule has 0 aliphatic heterocycles. The van der Waals surface area contributed by atoms with Crippen LogP contribution in [0.4, 0.5) is 0 Å². The number of hydrogen-bond donors (Lipinski definition) is 1. The Morgan fingerprint density at radius 2 is 2.32 bits per heavy atom. The van der Waals surface area contributed by atoms with E-state index >= 15 is 0 Å². The quantitative estimate of drug-likeness (QED) is 0.923. The number of benzene rings is 1. The Morgan fingerprint density at radius 3 is 3.11 bits per heavy atom. The summed E-state index contributed by atoms with van der Waals surface area (Å²) >= 11 is 1.76. The molecule has 1 aromatic carbocycles. The van der Waals surface area contributed by atoms with Gasteiger partial charge in [-0.25, -0.2) is 0 Å². The van der Waals surface area contributed by atoms with E-state index in [4.69, 9.17) is 0 Å². The Morgan fingerprint density at radius 1 is 1.42 bits per heavy atom. The molecule has 19 heavy (non-hydrogen) atoms. The highest BCUT2D eigenvalue weighted by molar-refractivity contribution is 7.09. The van der Waals surface area contributed by atoms with Crippen molar-refractivity contribution in [3.05, 3.63) is 52.0 Å². The number of aryl methyl sites for hydroxylation is 1. The van der Waals surface area contributed by atoms with Crippen molar-refractivity contribution < 1.29 is 0 Å². The van der Waals surface area contributed by atoms with Crippen molar-refractivity contribution in [2.45, 2.75) is 37.6 Å². The predicted molar refractivity (Wildman–Crippen MR) is 80.8 cm³/mol. The zero-order valence-electron chi connectivity index (χ0n) is 11.3. The molecule has 3 rings (SSSR count). The molecule has 1 N–H and O–H groups in total. The van der Waals surface area contributed by atoms with Gasteiger partial charge in [-0.05, 0) is 49.8 Å². The summed E-state index contributed by atoms with van der Waals surface area (Å²) in [6.07, 6.45) is 6.93. The largest absolute Gasteiger partial charge is 0.316 e. The van der Waals surface area contributed by atoms with Crippen LogP contribution in [-0.4, -0.2) is 18.1 Å². The molecule has 0 saturated carbocycles. The molecule has 2 aromatic rings. The lowest BCUT2D eigenvalue weighted by molar-refractivity contribution is 0.412. The van der Waals surface area contributed by atoms with Crippen molar-refractivity contribution in [2.24, 2.45) is 0 Å². The average Bonchev–Trinajstić information content (AvgIpc) is 2.97. The molecule has 3 heteroatoms. The Hall–Kier alpha value is -1.19. The van der Waals surface area contributed by atoms with Crippen LogP contribution in [0.3, 0.4) is 0 Å². The zero-order valence-corrected chi connectivity index (χ0v) is 12.1. The van der Waals surface area contributed by atoms with Crippen LogP contribution >= 0.6 is 11.3 Å². The normalized spacial score (nSPS) is 19.9. The maximum atomic E-state index is 4.19. The number of aromatic nitrogens is 1. The van der Waals surface area contributed by atoms with E-state index < -0.39 is 0 Å². The molecular formula is C16H20N2S. The standard InChI is InChI=1S/C16H20N2S/c1-17-16(9-13-10-18-11-19-13)15-8-4-6-12-5-2-3-7-14(12)15/h2-3,5,7,10-11,15-17H,4,6,8-9H2,1H3. The van der Waals surface area contributed by atoms with Gasteiger partial charge in [-0.1, -0.05) is 24.3 Å². The summed E-state index contributed by atoms with van der Waals surface area (Å²) in [5, 5.41) is 3.53. The smallest absolute Gasteiger partial charge is 0.0794 e. The van der Waals surface area contributed by atoms with Crippen molar-refractivity contribution in [1.82, 2.24) is 10.3 Å². The van der Waals surface area contributed by atoms with Crippen LogP contribution in [0.5, 0.6) is 0 Å². The average molecular weight is 272 g/mol. The summed E-state index contributed by atoms with van der Waals surface area (Å²) in [6, 6.07) is 9.47. The predicted octanol–water partition coefficient (Wildman–Crippen LogP) is 3.39. The van der Waals surface area contributed by atoms with E-state index in [9.17, 15) is 0 Å². The van der Waals surface area contributed by atoms with Crippen LogP contribution in [0.2, 0.25) is 0 Å². The van der Waals surface area contributed by atoms with Crippen molar-refractivity contribution in [2.75, 3.05) is 7.05 Å². The summed E-state index contributed by atoms with van der Waals surface area (Å²) in [6.45, 7) is 0. The molecule has 0 spiro atoms. The molecule has 1 aromatic heterocycles. The van der Waals surface area contributed by atoms with Gasteiger partial charge in [0.05, 0.1) is 5.51 Å². The van der Waals surface area contributed by atoms with Crippen molar-refractivity contribution in [3.8, 4) is 0 Å². The lowest BCUT2D eigenvalue weighted by atomic mass is 9.78. The molecular weight excluding hydrogens is 252 g/mol. The Balaban J connectivity index is 1.84. The van der Waals surface area contributed by atoms with Gasteiger partial charge >= 0.3 is 0 Å². The van der Waals surface area contributed by atoms with E-state index in [1.54, 1.807) is 22.5 Å². The summed E-state index contributed by atoms with van der Waals surface area (Å²) < 4.78 is 0. The molecule has 2 nitrogen and oxygen atoms in total. The van der Waals surface area contributed by atoms with E-state index in [0.717, 1.165) is 6.42 Å². The van der Waals surface area contributed by atoms with Gasteiger partial charge in [0.1, 0.15) is 0 Å². The minimum atomic E-state index is 0.516. The third-order valence-electron chi connectivity index (χ3n) is 4.18. The van der Waals surface area contributed by atoms with E-state index in [1.807, 2.05) is 11.7 Å². The van der Waals surface area contributed by atoms with Gasteiger partial charge in [-0.2, -0.15) is 0 Å². The van der Waals surface area contributed by atoms with E-state index in [2.05, 4.69) is 41.6 Å². The van der Waals surface area contributed by atoms with Gasteiger partial charge in [-0.15, -0.1) is 11.3 Å². The summed E-state index contributed by atoms with van der Waals surface area (Å²) in [4.78, 5) is 5.57. The SMILES string of the molecule is CNC(Cc1cncs1)C1CCCc2ccccc21. The number of rotatable bonds is 4. The van der Waals surface area contributed by atoms with Crippen LogP contribution in [0.15, 0.2) is 36.0 Å². The Kier molecular flexibility index (Phi) is 3.95. The van der Waals surface area contributed by atoms with E-state index in [1.165, 1.54) is 24.1 Å². The topological polar surface area (TPSA) is 24.9 Å². The zero-order chi connectivity index (χ0) is 13.1. The minimum Gasteiger partial charge on any atom is -0.316 e. The second-order valence-electron chi connectivity index (χ2n) is 5.26. The molecule has 0 radical (unpaired) electrons. The number of fused-ring (bicyclic) bond motifs is 1.